The van der Waals surface area contributed by atoms with Crippen molar-refractivity contribution in [1.82, 2.24) is 20.5 Å². The van der Waals surface area contributed by atoms with Crippen molar-refractivity contribution in [2.24, 2.45) is 11.8 Å². The molecule has 3 atom stereocenters. The first-order valence-electron chi connectivity index (χ1n) is 11.8. The summed E-state index contributed by atoms with van der Waals surface area (Å²) in [7, 11) is 3.20. The van der Waals surface area contributed by atoms with Gasteiger partial charge >= 0.3 is 0 Å². The molecule has 1 aliphatic carbocycles. The van der Waals surface area contributed by atoms with E-state index in [2.05, 4.69) is 21.7 Å². The summed E-state index contributed by atoms with van der Waals surface area (Å²) in [5.74, 6) is 0.0151. The highest BCUT2D eigenvalue weighted by molar-refractivity contribution is 6.01. The number of piperidine rings is 1. The minimum absolute atomic E-state index is 0.0724. The van der Waals surface area contributed by atoms with Crippen molar-refractivity contribution in [2.75, 3.05) is 20.7 Å². The van der Waals surface area contributed by atoms with Gasteiger partial charge in [-0.1, -0.05) is 18.9 Å². The van der Waals surface area contributed by atoms with Crippen molar-refractivity contribution < 1.29 is 19.1 Å². The smallest absolute Gasteiger partial charge is 0.270 e. The van der Waals surface area contributed by atoms with Crippen LogP contribution in [0.2, 0.25) is 0 Å². The largest absolute Gasteiger partial charge is 0.496 e. The Labute approximate surface area is 198 Å². The van der Waals surface area contributed by atoms with Crippen molar-refractivity contribution in [1.29, 1.82) is 5.26 Å². The molecule has 2 heterocycles. The van der Waals surface area contributed by atoms with Crippen LogP contribution in [0.15, 0.2) is 24.3 Å². The van der Waals surface area contributed by atoms with Crippen LogP contribution in [-0.2, 0) is 9.59 Å². The van der Waals surface area contributed by atoms with E-state index in [4.69, 9.17) is 4.74 Å². The fourth-order valence-corrected chi connectivity index (χ4v) is 4.62. The zero-order chi connectivity index (χ0) is 24.2. The first-order chi connectivity index (χ1) is 16.4. The van der Waals surface area contributed by atoms with Crippen molar-refractivity contribution in [3.63, 3.8) is 0 Å². The van der Waals surface area contributed by atoms with E-state index in [1.54, 1.807) is 20.2 Å². The van der Waals surface area contributed by atoms with Crippen molar-refractivity contribution in [2.45, 2.75) is 50.6 Å². The van der Waals surface area contributed by atoms with Crippen LogP contribution in [0.4, 0.5) is 0 Å². The van der Waals surface area contributed by atoms with Crippen LogP contribution in [0.1, 0.15) is 49.0 Å². The number of carbonyl (C=O) groups is 3. The number of likely N-dealkylation sites (N-methyl/N-ethyl adjacent to an activating group) is 1. The minimum atomic E-state index is -0.788. The zero-order valence-corrected chi connectivity index (χ0v) is 19.6. The zero-order valence-electron chi connectivity index (χ0n) is 19.6. The van der Waals surface area contributed by atoms with Gasteiger partial charge in [-0.25, -0.2) is 0 Å². The molecular formula is C25H31N5O4. The third-order valence-corrected chi connectivity index (χ3v) is 6.81. The molecule has 0 bridgehead atoms. The Balaban J connectivity index is 1.49. The van der Waals surface area contributed by atoms with E-state index in [-0.39, 0.29) is 30.1 Å². The summed E-state index contributed by atoms with van der Waals surface area (Å²) in [6.07, 6.45) is 4.43. The van der Waals surface area contributed by atoms with Crippen LogP contribution in [0, 0.1) is 23.2 Å². The van der Waals surface area contributed by atoms with E-state index in [9.17, 15) is 19.6 Å². The lowest BCUT2D eigenvalue weighted by atomic mass is 9.92. The number of ether oxygens (including phenoxy) is 1. The Morgan fingerprint density at radius 3 is 2.76 bits per heavy atom. The van der Waals surface area contributed by atoms with E-state index in [1.165, 1.54) is 4.90 Å². The number of carbonyl (C=O) groups excluding carboxylic acids is 3. The second-order valence-corrected chi connectivity index (χ2v) is 9.27. The van der Waals surface area contributed by atoms with E-state index in [0.717, 1.165) is 30.2 Å². The quantitative estimate of drug-likeness (QED) is 0.524. The van der Waals surface area contributed by atoms with E-state index >= 15 is 0 Å². The average molecular weight is 466 g/mol. The molecule has 2 fully saturated rings. The molecule has 3 unspecified atom stereocenters. The molecule has 3 amide bonds. The number of aromatic nitrogens is 1. The molecule has 3 N–H and O–H groups in total. The number of hydrogen-bond donors (Lipinski definition) is 3. The van der Waals surface area contributed by atoms with Crippen LogP contribution in [0.3, 0.4) is 0 Å². The van der Waals surface area contributed by atoms with Crippen LogP contribution < -0.4 is 15.4 Å². The van der Waals surface area contributed by atoms with E-state index < -0.39 is 12.1 Å². The number of nitrogens with zero attached hydrogens (tertiary/aromatic N) is 2. The molecule has 180 valence electrons. The molecule has 1 aromatic heterocycles. The summed E-state index contributed by atoms with van der Waals surface area (Å²) < 4.78 is 5.39. The maximum absolute atomic E-state index is 13.3. The number of hydrogen-bond acceptors (Lipinski definition) is 5. The van der Waals surface area contributed by atoms with Gasteiger partial charge in [-0.2, -0.15) is 5.26 Å². The lowest BCUT2D eigenvalue weighted by Gasteiger charge is -2.29. The highest BCUT2D eigenvalue weighted by Gasteiger charge is 2.36. The molecule has 9 nitrogen and oxygen atoms in total. The first kappa shape index (κ1) is 23.6. The number of nitrogens with one attached hydrogen (secondary N) is 3. The van der Waals surface area contributed by atoms with Gasteiger partial charge in [0.2, 0.25) is 11.8 Å². The van der Waals surface area contributed by atoms with Crippen LogP contribution in [0.25, 0.3) is 10.9 Å². The molecule has 4 rings (SSSR count). The first-order valence-corrected chi connectivity index (χ1v) is 11.8. The highest BCUT2D eigenvalue weighted by Crippen LogP contribution is 2.35. The Morgan fingerprint density at radius 1 is 1.29 bits per heavy atom. The Kier molecular flexibility index (Phi) is 7.06. The molecule has 1 saturated carbocycles. The van der Waals surface area contributed by atoms with Gasteiger partial charge in [0.15, 0.2) is 0 Å². The topological polar surface area (TPSA) is 127 Å². The lowest BCUT2D eigenvalue weighted by Crippen LogP contribution is -2.51. The Morgan fingerprint density at radius 2 is 2.09 bits per heavy atom. The van der Waals surface area contributed by atoms with E-state index in [0.29, 0.717) is 36.7 Å². The summed E-state index contributed by atoms with van der Waals surface area (Å²) in [5.41, 5.74) is 1.14. The number of methoxy groups -OCH3 is 1. The monoisotopic (exact) mass is 465 g/mol. The van der Waals surface area contributed by atoms with Gasteiger partial charge in [0.05, 0.1) is 13.2 Å². The normalized spacial score (nSPS) is 19.6. The number of rotatable bonds is 9. The molecule has 34 heavy (non-hydrogen) atoms. The lowest BCUT2D eigenvalue weighted by molar-refractivity contribution is -0.129. The summed E-state index contributed by atoms with van der Waals surface area (Å²) in [4.78, 5) is 43.3. The molecule has 0 radical (unpaired) electrons. The molecular weight excluding hydrogens is 434 g/mol. The second-order valence-electron chi connectivity index (χ2n) is 9.27. The maximum Gasteiger partial charge on any atom is 0.270 e. The minimum Gasteiger partial charge on any atom is -0.496 e. The standard InChI is InChI=1S/C25H31N5O4/c1-30(25(33)20-13-18-19(29-20)6-3-7-22(18)34-2)21(11-15-8-9-15)24(32)28-17(14-26)12-16-5-4-10-27-23(16)31/h3,6-7,13,15-17,21,29H,4-5,8-12H2,1-2H3,(H,27,31)(H,28,32). The van der Waals surface area contributed by atoms with Gasteiger partial charge in [-0.05, 0) is 49.8 Å². The highest BCUT2D eigenvalue weighted by atomic mass is 16.5. The molecule has 0 spiro atoms. The maximum atomic E-state index is 13.3. The molecule has 2 aromatic rings. The molecule has 2 aliphatic rings. The number of nitriles is 1. The van der Waals surface area contributed by atoms with Gasteiger partial charge in [0, 0.05) is 30.4 Å². The van der Waals surface area contributed by atoms with Crippen molar-refractivity contribution in [3.05, 3.63) is 30.0 Å². The third-order valence-electron chi connectivity index (χ3n) is 6.81. The SMILES string of the molecule is COc1cccc2[nH]c(C(=O)N(C)C(CC3CC3)C(=O)NC(C#N)CC3CCCNC3=O)cc12. The molecule has 1 aromatic carbocycles. The number of benzene rings is 1. The Hall–Kier alpha value is -3.54. The van der Waals surface area contributed by atoms with Crippen molar-refractivity contribution in [3.8, 4) is 11.8 Å². The third kappa shape index (κ3) is 5.16. The molecule has 1 aliphatic heterocycles. The number of H-pyrrole nitrogens is 1. The fraction of sp³-hybridized carbons (Fsp3) is 0.520. The summed E-state index contributed by atoms with van der Waals surface area (Å²) >= 11 is 0. The van der Waals surface area contributed by atoms with Gasteiger partial charge in [-0.3, -0.25) is 14.4 Å². The summed E-state index contributed by atoms with van der Waals surface area (Å²) in [6, 6.07) is 7.89. The van der Waals surface area contributed by atoms with Gasteiger partial charge in [0.1, 0.15) is 23.5 Å². The van der Waals surface area contributed by atoms with Crippen LogP contribution in [-0.4, -0.2) is 60.4 Å². The predicted octanol–water partition coefficient (Wildman–Crippen LogP) is 2.34. The molecule has 9 heteroatoms. The van der Waals surface area contributed by atoms with Crippen LogP contribution >= 0.6 is 0 Å². The van der Waals surface area contributed by atoms with Gasteiger partial charge in [-0.15, -0.1) is 0 Å². The number of aromatic amines is 1. The van der Waals surface area contributed by atoms with Crippen LogP contribution in [0.5, 0.6) is 5.75 Å². The number of fused-ring (bicyclic) bond motifs is 1. The van der Waals surface area contributed by atoms with Gasteiger partial charge < -0.3 is 25.3 Å². The second kappa shape index (κ2) is 10.2. The fourth-order valence-electron chi connectivity index (χ4n) is 4.62. The van der Waals surface area contributed by atoms with E-state index in [1.807, 2.05) is 18.2 Å². The summed E-state index contributed by atoms with van der Waals surface area (Å²) in [6.45, 7) is 0.648. The molecule has 1 saturated heterocycles. The number of amides is 3. The summed E-state index contributed by atoms with van der Waals surface area (Å²) in [5, 5.41) is 16.0. The average Bonchev–Trinajstić information content (AvgIpc) is 3.56. The Bertz CT molecular complexity index is 1120. The van der Waals surface area contributed by atoms with Crippen molar-refractivity contribution >= 4 is 28.6 Å². The van der Waals surface area contributed by atoms with Gasteiger partial charge in [0.25, 0.3) is 5.91 Å². The predicted molar refractivity (Wildman–Crippen MR) is 126 cm³/mol.